The van der Waals surface area contributed by atoms with Crippen LogP contribution in [0.5, 0.6) is 0 Å². The standard InChI is InChI=1S/C28H27ClN2O3/c1-16-11-12-22(15-24(16)29)31-20(5)26(28(33)34-6)23(27(31)32)14-21-13-18(3)30(19(21)4)25-10-8-7-9-17(25)2/h7-15H,1-6H3/b23-14-. The number of aryl methyl sites for hydroxylation is 3. The summed E-state index contributed by atoms with van der Waals surface area (Å²) in [6.07, 6.45) is 1.78. The fourth-order valence-corrected chi connectivity index (χ4v) is 4.66. The second kappa shape index (κ2) is 8.99. The summed E-state index contributed by atoms with van der Waals surface area (Å²) >= 11 is 6.33. The molecule has 0 bridgehead atoms. The second-order valence-corrected chi connectivity index (χ2v) is 8.94. The number of carbonyl (C=O) groups excluding carboxylic acids is 2. The topological polar surface area (TPSA) is 51.5 Å². The maximum atomic E-state index is 13.6. The molecule has 1 aromatic heterocycles. The number of rotatable bonds is 4. The van der Waals surface area contributed by atoms with Crippen LogP contribution in [0.15, 0.2) is 65.4 Å². The van der Waals surface area contributed by atoms with E-state index in [0.29, 0.717) is 22.0 Å². The van der Waals surface area contributed by atoms with E-state index in [4.69, 9.17) is 16.3 Å². The molecule has 2 aromatic carbocycles. The number of esters is 1. The average Bonchev–Trinajstić information content (AvgIpc) is 3.22. The van der Waals surface area contributed by atoms with Crippen LogP contribution in [0, 0.1) is 27.7 Å². The van der Waals surface area contributed by atoms with Crippen molar-refractivity contribution in [2.75, 3.05) is 12.0 Å². The summed E-state index contributed by atoms with van der Waals surface area (Å²) in [5.74, 6) is -0.843. The van der Waals surface area contributed by atoms with Gasteiger partial charge in [0.15, 0.2) is 0 Å². The predicted octanol–water partition coefficient (Wildman–Crippen LogP) is 6.24. The molecule has 0 saturated heterocycles. The summed E-state index contributed by atoms with van der Waals surface area (Å²) in [5.41, 5.74) is 7.68. The molecule has 0 N–H and O–H groups in total. The minimum Gasteiger partial charge on any atom is -0.465 e. The molecule has 0 saturated carbocycles. The van der Waals surface area contributed by atoms with Gasteiger partial charge < -0.3 is 9.30 Å². The lowest BCUT2D eigenvalue weighted by atomic mass is 10.0. The fraction of sp³-hybridized carbons (Fsp3) is 0.214. The van der Waals surface area contributed by atoms with Gasteiger partial charge in [0, 0.05) is 27.8 Å². The molecule has 1 aliphatic rings. The second-order valence-electron chi connectivity index (χ2n) is 8.53. The van der Waals surface area contributed by atoms with Crippen molar-refractivity contribution in [3.8, 4) is 5.69 Å². The summed E-state index contributed by atoms with van der Waals surface area (Å²) in [7, 11) is 1.32. The van der Waals surface area contributed by atoms with Gasteiger partial charge in [-0.25, -0.2) is 4.79 Å². The molecule has 3 aromatic rings. The van der Waals surface area contributed by atoms with Crippen LogP contribution in [0.25, 0.3) is 11.8 Å². The van der Waals surface area contributed by atoms with E-state index in [1.54, 1.807) is 19.1 Å². The molecule has 1 aliphatic heterocycles. The lowest BCUT2D eigenvalue weighted by Gasteiger charge is -2.18. The van der Waals surface area contributed by atoms with E-state index in [-0.39, 0.29) is 11.5 Å². The Balaban J connectivity index is 1.87. The van der Waals surface area contributed by atoms with Gasteiger partial charge in [-0.1, -0.05) is 35.9 Å². The molecular formula is C28H27ClN2O3. The van der Waals surface area contributed by atoms with Crippen molar-refractivity contribution in [1.82, 2.24) is 4.57 Å². The number of amides is 1. The molecule has 34 heavy (non-hydrogen) atoms. The van der Waals surface area contributed by atoms with Crippen LogP contribution in [-0.2, 0) is 14.3 Å². The van der Waals surface area contributed by atoms with Gasteiger partial charge >= 0.3 is 5.97 Å². The van der Waals surface area contributed by atoms with Crippen molar-refractivity contribution in [1.29, 1.82) is 0 Å². The van der Waals surface area contributed by atoms with Gasteiger partial charge in [-0.05, 0) is 81.7 Å². The van der Waals surface area contributed by atoms with Crippen molar-refractivity contribution < 1.29 is 14.3 Å². The molecule has 0 radical (unpaired) electrons. The van der Waals surface area contributed by atoms with E-state index in [1.807, 2.05) is 51.1 Å². The Hall–Kier alpha value is -3.57. The van der Waals surface area contributed by atoms with E-state index in [0.717, 1.165) is 33.8 Å². The van der Waals surface area contributed by atoms with Crippen LogP contribution in [-0.4, -0.2) is 23.6 Å². The third-order valence-corrected chi connectivity index (χ3v) is 6.74. The molecule has 0 spiro atoms. The van der Waals surface area contributed by atoms with Crippen LogP contribution in [0.2, 0.25) is 5.02 Å². The van der Waals surface area contributed by atoms with Crippen molar-refractivity contribution >= 4 is 35.2 Å². The molecule has 0 fully saturated rings. The van der Waals surface area contributed by atoms with Gasteiger partial charge in [-0.15, -0.1) is 0 Å². The number of para-hydroxylation sites is 1. The van der Waals surface area contributed by atoms with Crippen LogP contribution >= 0.6 is 11.6 Å². The van der Waals surface area contributed by atoms with Crippen molar-refractivity contribution in [2.45, 2.75) is 34.6 Å². The van der Waals surface area contributed by atoms with Crippen molar-refractivity contribution in [3.63, 3.8) is 0 Å². The number of nitrogens with zero attached hydrogens (tertiary/aromatic N) is 2. The molecule has 4 rings (SSSR count). The number of benzene rings is 2. The van der Waals surface area contributed by atoms with Crippen LogP contribution in [0.3, 0.4) is 0 Å². The zero-order chi connectivity index (χ0) is 24.7. The first-order valence-corrected chi connectivity index (χ1v) is 11.4. The normalized spacial score (nSPS) is 15.0. The molecular weight excluding hydrogens is 448 g/mol. The van der Waals surface area contributed by atoms with Gasteiger partial charge in [0.25, 0.3) is 5.91 Å². The van der Waals surface area contributed by atoms with Crippen molar-refractivity contribution in [2.24, 2.45) is 0 Å². The number of aromatic nitrogens is 1. The third-order valence-electron chi connectivity index (χ3n) is 6.33. The highest BCUT2D eigenvalue weighted by Gasteiger charge is 2.38. The van der Waals surface area contributed by atoms with Crippen LogP contribution < -0.4 is 4.90 Å². The Labute approximate surface area is 204 Å². The molecule has 5 nitrogen and oxygen atoms in total. The summed E-state index contributed by atoms with van der Waals surface area (Å²) in [4.78, 5) is 27.9. The van der Waals surface area contributed by atoms with Gasteiger partial charge in [0.05, 0.1) is 23.9 Å². The minimum absolute atomic E-state index is 0.255. The smallest absolute Gasteiger partial charge is 0.340 e. The maximum Gasteiger partial charge on any atom is 0.340 e. The quantitative estimate of drug-likeness (QED) is 0.332. The highest BCUT2D eigenvalue weighted by atomic mass is 35.5. The van der Waals surface area contributed by atoms with E-state index < -0.39 is 5.97 Å². The summed E-state index contributed by atoms with van der Waals surface area (Å²) < 4.78 is 7.20. The number of hydrogen-bond donors (Lipinski definition) is 0. The van der Waals surface area contributed by atoms with E-state index in [2.05, 4.69) is 23.6 Å². The minimum atomic E-state index is -0.550. The first-order valence-electron chi connectivity index (χ1n) is 11.0. The Bertz CT molecular complexity index is 1390. The van der Waals surface area contributed by atoms with Gasteiger partial charge in [-0.3, -0.25) is 9.69 Å². The van der Waals surface area contributed by atoms with Crippen LogP contribution in [0.4, 0.5) is 5.69 Å². The number of carbonyl (C=O) groups is 2. The first kappa shape index (κ1) is 23.6. The highest BCUT2D eigenvalue weighted by Crippen LogP contribution is 2.37. The fourth-order valence-electron chi connectivity index (χ4n) is 4.49. The Morgan fingerprint density at radius 2 is 1.68 bits per heavy atom. The van der Waals surface area contributed by atoms with Gasteiger partial charge in [-0.2, -0.15) is 0 Å². The number of halogens is 1. The largest absolute Gasteiger partial charge is 0.465 e. The number of anilines is 1. The number of allylic oxidation sites excluding steroid dienone is 1. The predicted molar refractivity (Wildman–Crippen MR) is 136 cm³/mol. The summed E-state index contributed by atoms with van der Waals surface area (Å²) in [6.45, 7) is 9.75. The zero-order valence-electron chi connectivity index (χ0n) is 20.2. The van der Waals surface area contributed by atoms with Crippen molar-refractivity contribution in [3.05, 3.63) is 98.5 Å². The van der Waals surface area contributed by atoms with Crippen LogP contribution in [0.1, 0.15) is 35.0 Å². The molecule has 0 atom stereocenters. The summed E-state index contributed by atoms with van der Waals surface area (Å²) in [6, 6.07) is 15.6. The molecule has 0 aliphatic carbocycles. The highest BCUT2D eigenvalue weighted by molar-refractivity contribution is 6.32. The molecule has 1 amide bonds. The number of methoxy groups -OCH3 is 1. The molecule has 0 unspecified atom stereocenters. The Morgan fingerprint density at radius 1 is 0.971 bits per heavy atom. The lowest BCUT2D eigenvalue weighted by Crippen LogP contribution is -2.24. The van der Waals surface area contributed by atoms with Gasteiger partial charge in [0.1, 0.15) is 0 Å². The number of hydrogen-bond acceptors (Lipinski definition) is 3. The van der Waals surface area contributed by atoms with Gasteiger partial charge in [0.2, 0.25) is 0 Å². The first-order chi connectivity index (χ1) is 16.1. The lowest BCUT2D eigenvalue weighted by molar-refractivity contribution is -0.136. The molecule has 2 heterocycles. The number of ether oxygens (including phenoxy) is 1. The average molecular weight is 475 g/mol. The molecule has 174 valence electrons. The van der Waals surface area contributed by atoms with E-state index >= 15 is 0 Å². The monoisotopic (exact) mass is 474 g/mol. The summed E-state index contributed by atoms with van der Waals surface area (Å²) in [5, 5.41) is 0.553. The SMILES string of the molecule is COC(=O)C1=C(C)N(c2ccc(C)c(Cl)c2)C(=O)/C1=C\c1cc(C)n(-c2ccccc2C)c1C. The van der Waals surface area contributed by atoms with E-state index in [9.17, 15) is 9.59 Å². The third kappa shape index (κ3) is 3.86. The molecule has 6 heteroatoms. The Kier molecular flexibility index (Phi) is 6.24. The maximum absolute atomic E-state index is 13.6. The zero-order valence-corrected chi connectivity index (χ0v) is 20.9. The van der Waals surface area contributed by atoms with E-state index in [1.165, 1.54) is 12.0 Å². The Morgan fingerprint density at radius 3 is 2.32 bits per heavy atom.